The molecule has 1 saturated heterocycles. The Morgan fingerprint density at radius 2 is 2.12 bits per heavy atom. The van der Waals surface area contributed by atoms with Crippen LogP contribution in [0.3, 0.4) is 0 Å². The summed E-state index contributed by atoms with van der Waals surface area (Å²) in [5.41, 5.74) is 0.616. The SMILES string of the molecule is CO[C@H]1C(=O)N[C@@H]1SC(=S)CCNC(=O)OCc1ccc([N+](=O)[O-])cc1. The minimum absolute atomic E-state index is 0.00660. The number of non-ortho nitro benzene ring substituents is 1. The molecule has 0 bridgehead atoms. The Balaban J connectivity index is 1.62. The molecule has 0 spiro atoms. The highest BCUT2D eigenvalue weighted by Gasteiger charge is 2.40. The third-order valence-electron chi connectivity index (χ3n) is 3.45. The first-order valence-electron chi connectivity index (χ1n) is 7.57. The van der Waals surface area contributed by atoms with Gasteiger partial charge in [0.15, 0.2) is 6.10 Å². The monoisotopic (exact) mass is 399 g/mol. The molecule has 11 heteroatoms. The number of methoxy groups -OCH3 is 1. The summed E-state index contributed by atoms with van der Waals surface area (Å²) in [5.74, 6) is -0.166. The number of amides is 2. The van der Waals surface area contributed by atoms with Gasteiger partial charge in [0, 0.05) is 32.2 Å². The quantitative estimate of drug-likeness (QED) is 0.294. The van der Waals surface area contributed by atoms with Crippen LogP contribution in [0.2, 0.25) is 0 Å². The van der Waals surface area contributed by atoms with Gasteiger partial charge in [0.25, 0.3) is 11.6 Å². The van der Waals surface area contributed by atoms with Crippen LogP contribution in [-0.2, 0) is 20.9 Å². The average Bonchev–Trinajstić information content (AvgIpc) is 2.60. The van der Waals surface area contributed by atoms with Crippen LogP contribution in [0, 0.1) is 10.1 Å². The van der Waals surface area contributed by atoms with Crippen LogP contribution in [-0.4, -0.2) is 46.3 Å². The lowest BCUT2D eigenvalue weighted by Crippen LogP contribution is -2.61. The van der Waals surface area contributed by atoms with Gasteiger partial charge in [0.2, 0.25) is 0 Å². The fourth-order valence-corrected chi connectivity index (χ4v) is 3.49. The van der Waals surface area contributed by atoms with Crippen molar-refractivity contribution in [1.82, 2.24) is 10.6 Å². The van der Waals surface area contributed by atoms with Crippen LogP contribution in [0.25, 0.3) is 0 Å². The number of β-lactam (4-membered cyclic amide) rings is 1. The Labute approximate surface area is 158 Å². The predicted molar refractivity (Wildman–Crippen MR) is 98.8 cm³/mol. The van der Waals surface area contributed by atoms with E-state index in [1.807, 2.05) is 0 Å². The van der Waals surface area contributed by atoms with Crippen molar-refractivity contribution in [3.05, 3.63) is 39.9 Å². The van der Waals surface area contributed by atoms with E-state index in [1.54, 1.807) is 0 Å². The van der Waals surface area contributed by atoms with Gasteiger partial charge in [-0.15, -0.1) is 0 Å². The highest BCUT2D eigenvalue weighted by Crippen LogP contribution is 2.24. The van der Waals surface area contributed by atoms with Crippen LogP contribution in [0.5, 0.6) is 0 Å². The molecule has 140 valence electrons. The minimum atomic E-state index is -0.608. The first-order valence-corrected chi connectivity index (χ1v) is 8.86. The Morgan fingerprint density at radius 3 is 2.69 bits per heavy atom. The molecule has 2 rings (SSSR count). The smallest absolute Gasteiger partial charge is 0.407 e. The molecular weight excluding hydrogens is 382 g/mol. The van der Waals surface area contributed by atoms with Crippen molar-refractivity contribution in [2.75, 3.05) is 13.7 Å². The van der Waals surface area contributed by atoms with Gasteiger partial charge < -0.3 is 20.1 Å². The second kappa shape index (κ2) is 9.46. The predicted octanol–water partition coefficient (Wildman–Crippen LogP) is 1.74. The van der Waals surface area contributed by atoms with Crippen LogP contribution >= 0.6 is 24.0 Å². The number of hydrogen-bond donors (Lipinski definition) is 2. The number of nitro benzene ring substituents is 1. The van der Waals surface area contributed by atoms with Crippen molar-refractivity contribution in [3.63, 3.8) is 0 Å². The molecule has 1 fully saturated rings. The van der Waals surface area contributed by atoms with Crippen LogP contribution in [0.4, 0.5) is 10.5 Å². The summed E-state index contributed by atoms with van der Waals surface area (Å²) < 4.78 is 10.7. The van der Waals surface area contributed by atoms with Gasteiger partial charge in [-0.2, -0.15) is 0 Å². The molecule has 1 aromatic rings. The number of alkyl carbamates (subject to hydrolysis) is 1. The first-order chi connectivity index (χ1) is 12.4. The summed E-state index contributed by atoms with van der Waals surface area (Å²) in [6.07, 6.45) is -0.671. The van der Waals surface area contributed by atoms with Crippen LogP contribution < -0.4 is 10.6 Å². The fourth-order valence-electron chi connectivity index (χ4n) is 2.04. The van der Waals surface area contributed by atoms with E-state index in [0.29, 0.717) is 22.7 Å². The topological polar surface area (TPSA) is 120 Å². The Kier molecular flexibility index (Phi) is 7.30. The van der Waals surface area contributed by atoms with E-state index >= 15 is 0 Å². The van der Waals surface area contributed by atoms with Crippen molar-refractivity contribution in [3.8, 4) is 0 Å². The number of thiocarbonyl (C=S) groups is 1. The molecule has 0 radical (unpaired) electrons. The number of nitro groups is 1. The molecule has 0 unspecified atom stereocenters. The molecule has 2 N–H and O–H groups in total. The van der Waals surface area contributed by atoms with Crippen LogP contribution in [0.15, 0.2) is 24.3 Å². The third-order valence-corrected chi connectivity index (χ3v) is 5.02. The highest BCUT2D eigenvalue weighted by atomic mass is 32.2. The summed E-state index contributed by atoms with van der Waals surface area (Å²) in [4.78, 5) is 32.9. The number of nitrogens with zero attached hydrogens (tertiary/aromatic N) is 1. The lowest BCUT2D eigenvalue weighted by atomic mass is 10.2. The van der Waals surface area contributed by atoms with Gasteiger partial charge in [-0.1, -0.05) is 24.0 Å². The standard InChI is InChI=1S/C15H17N3O6S2/c1-23-12-13(19)17-14(12)26-11(25)6-7-16-15(20)24-8-9-2-4-10(5-3-9)18(21)22/h2-5,12,14H,6-8H2,1H3,(H,16,20)(H,17,19)/t12-,14+/m0/s1. The Hall–Kier alpha value is -2.24. The van der Waals surface area contributed by atoms with E-state index in [4.69, 9.17) is 21.7 Å². The number of ether oxygens (including phenoxy) is 2. The average molecular weight is 399 g/mol. The Morgan fingerprint density at radius 1 is 1.42 bits per heavy atom. The zero-order chi connectivity index (χ0) is 19.1. The van der Waals surface area contributed by atoms with Crippen molar-refractivity contribution in [2.24, 2.45) is 0 Å². The first kappa shape index (κ1) is 20.1. The maximum absolute atomic E-state index is 11.6. The zero-order valence-electron chi connectivity index (χ0n) is 13.8. The molecule has 1 aliphatic rings. The fraction of sp³-hybridized carbons (Fsp3) is 0.400. The summed E-state index contributed by atoms with van der Waals surface area (Å²) in [6, 6.07) is 5.74. The van der Waals surface area contributed by atoms with Crippen molar-refractivity contribution in [1.29, 1.82) is 0 Å². The maximum Gasteiger partial charge on any atom is 0.407 e. The van der Waals surface area contributed by atoms with E-state index in [1.165, 1.54) is 43.1 Å². The van der Waals surface area contributed by atoms with E-state index in [-0.39, 0.29) is 23.6 Å². The number of hydrogen-bond acceptors (Lipinski definition) is 8. The molecule has 1 heterocycles. The second-order valence-corrected chi connectivity index (χ2v) is 7.24. The largest absolute Gasteiger partial charge is 0.445 e. The van der Waals surface area contributed by atoms with Gasteiger partial charge >= 0.3 is 6.09 Å². The number of carbonyl (C=O) groups is 2. The molecule has 1 aliphatic heterocycles. The lowest BCUT2D eigenvalue weighted by Gasteiger charge is -2.34. The molecule has 1 aromatic carbocycles. The van der Waals surface area contributed by atoms with Crippen molar-refractivity contribution in [2.45, 2.75) is 24.5 Å². The number of thioether (sulfide) groups is 1. The third kappa shape index (κ3) is 5.64. The van der Waals surface area contributed by atoms with E-state index < -0.39 is 17.1 Å². The van der Waals surface area contributed by atoms with Crippen molar-refractivity contribution >= 4 is 45.9 Å². The van der Waals surface area contributed by atoms with Gasteiger partial charge in [-0.05, 0) is 17.7 Å². The molecule has 26 heavy (non-hydrogen) atoms. The number of rotatable bonds is 8. The normalized spacial score (nSPS) is 18.4. The van der Waals surface area contributed by atoms with E-state index in [2.05, 4.69) is 10.6 Å². The number of benzene rings is 1. The molecule has 0 aliphatic carbocycles. The van der Waals surface area contributed by atoms with E-state index in [9.17, 15) is 19.7 Å². The number of nitrogens with one attached hydrogen (secondary N) is 2. The van der Waals surface area contributed by atoms with Gasteiger partial charge in [0.05, 0.1) is 9.12 Å². The summed E-state index contributed by atoms with van der Waals surface area (Å²) in [5, 5.41) is 15.6. The van der Waals surface area contributed by atoms with E-state index in [0.717, 1.165) is 0 Å². The summed E-state index contributed by atoms with van der Waals surface area (Å²) in [6.45, 7) is 0.301. The van der Waals surface area contributed by atoms with Crippen LogP contribution in [0.1, 0.15) is 12.0 Å². The number of carbonyl (C=O) groups excluding carboxylic acids is 2. The van der Waals surface area contributed by atoms with Crippen molar-refractivity contribution < 1.29 is 24.0 Å². The summed E-state index contributed by atoms with van der Waals surface area (Å²) in [7, 11) is 1.46. The lowest BCUT2D eigenvalue weighted by molar-refractivity contribution is -0.384. The molecule has 2 amide bonds. The highest BCUT2D eigenvalue weighted by molar-refractivity contribution is 8.23. The summed E-state index contributed by atoms with van der Waals surface area (Å²) >= 11 is 6.52. The van der Waals surface area contributed by atoms with Gasteiger partial charge in [0.1, 0.15) is 12.0 Å². The molecule has 9 nitrogen and oxygen atoms in total. The van der Waals surface area contributed by atoms with Gasteiger partial charge in [-0.3, -0.25) is 14.9 Å². The molecule has 0 aromatic heterocycles. The zero-order valence-corrected chi connectivity index (χ0v) is 15.4. The maximum atomic E-state index is 11.6. The molecular formula is C15H17N3O6S2. The molecule has 0 saturated carbocycles. The Bertz CT molecular complexity index is 697. The minimum Gasteiger partial charge on any atom is -0.445 e. The molecule has 2 atom stereocenters. The second-order valence-electron chi connectivity index (χ2n) is 5.25. The van der Waals surface area contributed by atoms with Gasteiger partial charge in [-0.25, -0.2) is 4.79 Å².